The Kier molecular flexibility index (Phi) is 3.84. The molecular weight excluding hydrogens is 246 g/mol. The fourth-order valence-corrected chi connectivity index (χ4v) is 2.04. The molecule has 1 fully saturated rings. The number of nitrogens with one attached hydrogen (secondary N) is 1. The van der Waals surface area contributed by atoms with Gasteiger partial charge in [0.25, 0.3) is 0 Å². The van der Waals surface area contributed by atoms with Crippen LogP contribution in [0.5, 0.6) is 0 Å². The van der Waals surface area contributed by atoms with Crippen molar-refractivity contribution in [2.45, 2.75) is 50.2 Å². The molecule has 2 rings (SSSR count). The summed E-state index contributed by atoms with van der Waals surface area (Å²) in [5.41, 5.74) is -0.484. The summed E-state index contributed by atoms with van der Waals surface area (Å²) in [4.78, 5) is 22.7. The largest absolute Gasteiger partial charge is 0.480 e. The summed E-state index contributed by atoms with van der Waals surface area (Å²) in [5.74, 6) is 1.40. The molecule has 1 atom stereocenters. The van der Waals surface area contributed by atoms with E-state index in [1.165, 1.54) is 0 Å². The van der Waals surface area contributed by atoms with E-state index in [1.807, 2.05) is 0 Å². The number of terminal acetylenes is 1. The first-order valence-corrected chi connectivity index (χ1v) is 6.46. The standard InChI is InChI=1S/C13H17N3O3/c1-2-3-7-13(15-16-13)8-6-10(17)14-11(12(18)19)9-4-5-9/h1,9,11H,3-8H2,(H,14,17)(H,18,19). The summed E-state index contributed by atoms with van der Waals surface area (Å²) in [6, 6.07) is -0.748. The molecule has 1 heterocycles. The molecule has 102 valence electrons. The monoisotopic (exact) mass is 263 g/mol. The van der Waals surface area contributed by atoms with E-state index in [0.29, 0.717) is 19.3 Å². The van der Waals surface area contributed by atoms with E-state index < -0.39 is 17.7 Å². The average molecular weight is 263 g/mol. The summed E-state index contributed by atoms with van der Waals surface area (Å²) in [6.45, 7) is 0. The number of rotatable bonds is 8. The van der Waals surface area contributed by atoms with Gasteiger partial charge in [-0.25, -0.2) is 4.79 Å². The zero-order valence-electron chi connectivity index (χ0n) is 10.6. The van der Waals surface area contributed by atoms with E-state index >= 15 is 0 Å². The lowest BCUT2D eigenvalue weighted by atomic mass is 10.0. The van der Waals surface area contributed by atoms with Crippen molar-refractivity contribution in [3.8, 4) is 12.3 Å². The Bertz CT molecular complexity index is 443. The number of carbonyl (C=O) groups excluding carboxylic acids is 1. The van der Waals surface area contributed by atoms with Crippen molar-refractivity contribution in [1.29, 1.82) is 0 Å². The van der Waals surface area contributed by atoms with Gasteiger partial charge in [0, 0.05) is 25.7 Å². The molecule has 1 saturated carbocycles. The summed E-state index contributed by atoms with van der Waals surface area (Å²) < 4.78 is 0. The minimum atomic E-state index is -0.960. The van der Waals surface area contributed by atoms with Crippen molar-refractivity contribution >= 4 is 11.9 Å². The molecule has 0 bridgehead atoms. The van der Waals surface area contributed by atoms with Gasteiger partial charge in [-0.3, -0.25) is 4.79 Å². The molecule has 2 aliphatic rings. The maximum absolute atomic E-state index is 11.7. The van der Waals surface area contributed by atoms with Crippen molar-refractivity contribution < 1.29 is 14.7 Å². The van der Waals surface area contributed by atoms with Crippen LogP contribution in [0.4, 0.5) is 0 Å². The predicted molar refractivity (Wildman–Crippen MR) is 67.2 cm³/mol. The van der Waals surface area contributed by atoms with Gasteiger partial charge in [0.2, 0.25) is 5.91 Å². The van der Waals surface area contributed by atoms with Crippen molar-refractivity contribution in [3.63, 3.8) is 0 Å². The van der Waals surface area contributed by atoms with Crippen LogP contribution in [0.1, 0.15) is 38.5 Å². The number of carboxylic acids is 1. The van der Waals surface area contributed by atoms with Crippen LogP contribution in [0.2, 0.25) is 0 Å². The lowest BCUT2D eigenvalue weighted by Gasteiger charge is -2.14. The van der Waals surface area contributed by atoms with Crippen LogP contribution < -0.4 is 5.32 Å². The molecule has 0 aromatic heterocycles. The van der Waals surface area contributed by atoms with Gasteiger partial charge in [-0.2, -0.15) is 10.2 Å². The molecule has 0 spiro atoms. The second kappa shape index (κ2) is 5.39. The Balaban J connectivity index is 1.72. The van der Waals surface area contributed by atoms with Gasteiger partial charge in [0.1, 0.15) is 6.04 Å². The number of nitrogens with zero attached hydrogens (tertiary/aromatic N) is 2. The van der Waals surface area contributed by atoms with Crippen molar-refractivity contribution in [2.24, 2.45) is 16.1 Å². The fourth-order valence-electron chi connectivity index (χ4n) is 2.04. The summed E-state index contributed by atoms with van der Waals surface area (Å²) in [6.07, 6.45) is 8.88. The van der Waals surface area contributed by atoms with Crippen molar-refractivity contribution in [3.05, 3.63) is 0 Å². The van der Waals surface area contributed by atoms with Crippen molar-refractivity contribution in [1.82, 2.24) is 5.32 Å². The van der Waals surface area contributed by atoms with Gasteiger partial charge in [0.15, 0.2) is 5.66 Å². The van der Waals surface area contributed by atoms with Crippen LogP contribution >= 0.6 is 0 Å². The van der Waals surface area contributed by atoms with Crippen LogP contribution in [0.3, 0.4) is 0 Å². The van der Waals surface area contributed by atoms with Crippen LogP contribution in [-0.4, -0.2) is 28.7 Å². The van der Waals surface area contributed by atoms with Crippen LogP contribution in [0.15, 0.2) is 10.2 Å². The normalized spacial score (nSPS) is 20.4. The Hall–Kier alpha value is -1.90. The van der Waals surface area contributed by atoms with E-state index in [9.17, 15) is 9.59 Å². The maximum Gasteiger partial charge on any atom is 0.326 e. The Labute approximate surface area is 111 Å². The van der Waals surface area contributed by atoms with E-state index in [-0.39, 0.29) is 18.2 Å². The van der Waals surface area contributed by atoms with E-state index in [2.05, 4.69) is 21.5 Å². The van der Waals surface area contributed by atoms with E-state index in [0.717, 1.165) is 12.8 Å². The van der Waals surface area contributed by atoms with Gasteiger partial charge in [-0.1, -0.05) is 0 Å². The summed E-state index contributed by atoms with van der Waals surface area (Å²) >= 11 is 0. The second-order valence-electron chi connectivity index (χ2n) is 5.11. The molecule has 0 aromatic carbocycles. The average Bonchev–Trinajstić information content (AvgIpc) is 3.26. The van der Waals surface area contributed by atoms with Crippen LogP contribution in [0.25, 0.3) is 0 Å². The molecule has 1 aliphatic heterocycles. The molecule has 19 heavy (non-hydrogen) atoms. The Morgan fingerprint density at radius 2 is 2.11 bits per heavy atom. The number of hydrogen-bond donors (Lipinski definition) is 2. The first kappa shape index (κ1) is 13.5. The predicted octanol–water partition coefficient (Wildman–Crippen LogP) is 1.32. The van der Waals surface area contributed by atoms with E-state index in [4.69, 9.17) is 11.5 Å². The number of carboxylic acid groups (broad SMARTS) is 1. The molecule has 0 aromatic rings. The van der Waals surface area contributed by atoms with Gasteiger partial charge in [0.05, 0.1) is 0 Å². The van der Waals surface area contributed by atoms with Crippen LogP contribution in [-0.2, 0) is 9.59 Å². The molecule has 1 unspecified atom stereocenters. The maximum atomic E-state index is 11.7. The smallest absolute Gasteiger partial charge is 0.326 e. The number of hydrogen-bond acceptors (Lipinski definition) is 4. The molecule has 0 radical (unpaired) electrons. The molecule has 1 amide bonds. The molecule has 2 N–H and O–H groups in total. The highest BCUT2D eigenvalue weighted by Crippen LogP contribution is 2.37. The third-order valence-electron chi connectivity index (χ3n) is 3.48. The summed E-state index contributed by atoms with van der Waals surface area (Å²) in [7, 11) is 0. The zero-order valence-corrected chi connectivity index (χ0v) is 10.6. The Morgan fingerprint density at radius 1 is 1.42 bits per heavy atom. The topological polar surface area (TPSA) is 91.1 Å². The first-order valence-electron chi connectivity index (χ1n) is 6.46. The highest BCUT2D eigenvalue weighted by atomic mass is 16.4. The highest BCUT2D eigenvalue weighted by Gasteiger charge is 2.40. The molecule has 1 aliphatic carbocycles. The summed E-state index contributed by atoms with van der Waals surface area (Å²) in [5, 5.41) is 19.5. The third kappa shape index (κ3) is 3.78. The van der Waals surface area contributed by atoms with Crippen LogP contribution in [0, 0.1) is 18.3 Å². The molecule has 0 saturated heterocycles. The van der Waals surface area contributed by atoms with Gasteiger partial charge >= 0.3 is 5.97 Å². The lowest BCUT2D eigenvalue weighted by molar-refractivity contribution is -0.142. The van der Waals surface area contributed by atoms with Gasteiger partial charge in [-0.05, 0) is 18.8 Å². The quantitative estimate of drug-likeness (QED) is 0.647. The SMILES string of the molecule is C#CCCC1(CCC(=O)NC(C(=O)O)C2CC2)N=N1. The minimum Gasteiger partial charge on any atom is -0.480 e. The Morgan fingerprint density at radius 3 is 2.58 bits per heavy atom. The number of aliphatic carboxylic acids is 1. The third-order valence-corrected chi connectivity index (χ3v) is 3.48. The molecule has 6 heteroatoms. The minimum absolute atomic E-state index is 0.0900. The number of carbonyl (C=O) groups is 2. The number of amides is 1. The van der Waals surface area contributed by atoms with Gasteiger partial charge in [-0.15, -0.1) is 12.3 Å². The first-order chi connectivity index (χ1) is 9.06. The lowest BCUT2D eigenvalue weighted by Crippen LogP contribution is -2.42. The van der Waals surface area contributed by atoms with Crippen molar-refractivity contribution in [2.75, 3.05) is 0 Å². The van der Waals surface area contributed by atoms with E-state index in [1.54, 1.807) is 0 Å². The second-order valence-corrected chi connectivity index (χ2v) is 5.11. The molecular formula is C13H17N3O3. The highest BCUT2D eigenvalue weighted by molar-refractivity contribution is 5.84. The fraction of sp³-hybridized carbons (Fsp3) is 0.692. The van der Waals surface area contributed by atoms with Gasteiger partial charge < -0.3 is 10.4 Å². The molecule has 6 nitrogen and oxygen atoms in total. The zero-order chi connectivity index (χ0) is 13.9.